The molecule has 1 aromatic carbocycles. The molecule has 1 saturated heterocycles. The molecular weight excluding hydrogens is 331 g/mol. The Morgan fingerprint density at radius 3 is 3.04 bits per heavy atom. The van der Waals surface area contributed by atoms with Crippen LogP contribution in [0.25, 0.3) is 0 Å². The molecule has 1 aliphatic carbocycles. The van der Waals surface area contributed by atoms with Crippen LogP contribution in [-0.2, 0) is 19.4 Å². The maximum atomic E-state index is 13.9. The van der Waals surface area contributed by atoms with Crippen LogP contribution in [0, 0.1) is 5.82 Å². The molecule has 4 rings (SSSR count). The number of piperidine rings is 1. The van der Waals surface area contributed by atoms with Gasteiger partial charge in [-0.15, -0.1) is 0 Å². The minimum Gasteiger partial charge on any atom is -0.336 e. The average molecular weight is 356 g/mol. The van der Waals surface area contributed by atoms with Gasteiger partial charge >= 0.3 is 0 Å². The predicted octanol–water partition coefficient (Wildman–Crippen LogP) is 2.77. The smallest absolute Gasteiger partial charge is 0.274 e. The molecule has 1 atom stereocenters. The Morgan fingerprint density at radius 2 is 2.19 bits per heavy atom. The Hall–Kier alpha value is -2.21. The summed E-state index contributed by atoms with van der Waals surface area (Å²) in [7, 11) is 1.87. The first-order chi connectivity index (χ1) is 12.6. The van der Waals surface area contributed by atoms with Crippen LogP contribution >= 0.6 is 0 Å². The van der Waals surface area contributed by atoms with Gasteiger partial charge in [-0.1, -0.05) is 18.2 Å². The number of nitrogens with zero attached hydrogens (tertiary/aromatic N) is 3. The fraction of sp³-hybridized carbons (Fsp3) is 0.500. The number of H-pyrrole nitrogens is 1. The minimum absolute atomic E-state index is 0.00198. The molecule has 138 valence electrons. The Labute approximate surface area is 153 Å². The largest absolute Gasteiger partial charge is 0.336 e. The lowest BCUT2D eigenvalue weighted by Crippen LogP contribution is -2.48. The van der Waals surface area contributed by atoms with Crippen LogP contribution in [-0.4, -0.2) is 52.1 Å². The number of nitrogens with one attached hydrogen (secondary N) is 1. The number of hydrogen-bond donors (Lipinski definition) is 1. The zero-order valence-electron chi connectivity index (χ0n) is 15.2. The Morgan fingerprint density at radius 1 is 1.35 bits per heavy atom. The van der Waals surface area contributed by atoms with E-state index in [0.29, 0.717) is 17.8 Å². The first-order valence-electron chi connectivity index (χ1n) is 9.42. The molecule has 26 heavy (non-hydrogen) atoms. The van der Waals surface area contributed by atoms with Crippen LogP contribution in [0.3, 0.4) is 0 Å². The van der Waals surface area contributed by atoms with E-state index in [-0.39, 0.29) is 17.8 Å². The Balaban J connectivity index is 1.43. The summed E-state index contributed by atoms with van der Waals surface area (Å²) < 4.78 is 13.9. The summed E-state index contributed by atoms with van der Waals surface area (Å²) in [6, 6.07) is 7.06. The molecule has 6 heteroatoms. The summed E-state index contributed by atoms with van der Waals surface area (Å²) in [4.78, 5) is 17.0. The molecule has 1 amide bonds. The van der Waals surface area contributed by atoms with E-state index in [4.69, 9.17) is 0 Å². The van der Waals surface area contributed by atoms with Gasteiger partial charge < -0.3 is 4.90 Å². The highest BCUT2D eigenvalue weighted by Gasteiger charge is 2.31. The standard InChI is InChI=1S/C20H25FN4O/c1-24(20(26)19-16-8-4-10-18(16)22-23-19)15-7-5-11-25(13-15)12-14-6-2-3-9-17(14)21/h2-3,6,9,15H,4-5,7-8,10-13H2,1H3,(H,22,23)/t15-/m0/s1. The lowest BCUT2D eigenvalue weighted by atomic mass is 10.0. The summed E-state index contributed by atoms with van der Waals surface area (Å²) in [6.07, 6.45) is 5.00. The van der Waals surface area contributed by atoms with Gasteiger partial charge in [-0.05, 0) is 44.7 Å². The topological polar surface area (TPSA) is 52.2 Å². The van der Waals surface area contributed by atoms with E-state index in [2.05, 4.69) is 15.1 Å². The van der Waals surface area contributed by atoms with Crippen molar-refractivity contribution in [2.24, 2.45) is 0 Å². The molecular formula is C20H25FN4O. The Kier molecular flexibility index (Phi) is 4.76. The van der Waals surface area contributed by atoms with Crippen LogP contribution in [0.4, 0.5) is 4.39 Å². The molecule has 0 spiro atoms. The van der Waals surface area contributed by atoms with Crippen LogP contribution < -0.4 is 0 Å². The number of rotatable bonds is 4. The molecule has 0 radical (unpaired) electrons. The quantitative estimate of drug-likeness (QED) is 0.916. The maximum Gasteiger partial charge on any atom is 0.274 e. The number of carbonyl (C=O) groups excluding carboxylic acids is 1. The van der Waals surface area contributed by atoms with Crippen molar-refractivity contribution in [2.75, 3.05) is 20.1 Å². The van der Waals surface area contributed by atoms with Gasteiger partial charge in [-0.25, -0.2) is 4.39 Å². The van der Waals surface area contributed by atoms with Gasteiger partial charge in [-0.3, -0.25) is 14.8 Å². The van der Waals surface area contributed by atoms with Gasteiger partial charge in [0.1, 0.15) is 5.82 Å². The normalized spacial score (nSPS) is 20.2. The van der Waals surface area contributed by atoms with Crippen molar-refractivity contribution in [1.82, 2.24) is 20.0 Å². The third-order valence-corrected chi connectivity index (χ3v) is 5.71. The highest BCUT2D eigenvalue weighted by atomic mass is 19.1. The number of fused-ring (bicyclic) bond motifs is 1. The number of aromatic amines is 1. The second-order valence-electron chi connectivity index (χ2n) is 7.42. The number of likely N-dealkylation sites (tertiary alicyclic amines) is 1. The molecule has 1 fully saturated rings. The minimum atomic E-state index is -0.161. The van der Waals surface area contributed by atoms with Gasteiger partial charge in [0.05, 0.1) is 0 Å². The summed E-state index contributed by atoms with van der Waals surface area (Å²) in [5.74, 6) is -0.159. The molecule has 2 aromatic rings. The van der Waals surface area contributed by atoms with E-state index >= 15 is 0 Å². The predicted molar refractivity (Wildman–Crippen MR) is 97.4 cm³/mol. The van der Waals surface area contributed by atoms with Crippen molar-refractivity contribution in [3.63, 3.8) is 0 Å². The van der Waals surface area contributed by atoms with Crippen LogP contribution in [0.1, 0.15) is 46.6 Å². The van der Waals surface area contributed by atoms with Crippen LogP contribution in [0.15, 0.2) is 24.3 Å². The number of halogens is 1. The highest BCUT2D eigenvalue weighted by molar-refractivity contribution is 5.94. The lowest BCUT2D eigenvalue weighted by Gasteiger charge is -2.37. The molecule has 2 aliphatic rings. The number of benzene rings is 1. The monoisotopic (exact) mass is 356 g/mol. The van der Waals surface area contributed by atoms with Crippen molar-refractivity contribution in [3.8, 4) is 0 Å². The maximum absolute atomic E-state index is 13.9. The first kappa shape index (κ1) is 17.2. The molecule has 1 aromatic heterocycles. The zero-order valence-corrected chi connectivity index (χ0v) is 15.2. The van der Waals surface area contributed by atoms with E-state index in [1.165, 1.54) is 6.07 Å². The highest BCUT2D eigenvalue weighted by Crippen LogP contribution is 2.25. The number of hydrogen-bond acceptors (Lipinski definition) is 3. The summed E-state index contributed by atoms with van der Waals surface area (Å²) in [5, 5.41) is 7.30. The van der Waals surface area contributed by atoms with E-state index in [9.17, 15) is 9.18 Å². The molecule has 2 heterocycles. The fourth-order valence-corrected chi connectivity index (χ4v) is 4.19. The molecule has 1 aliphatic heterocycles. The number of amides is 1. The zero-order chi connectivity index (χ0) is 18.1. The van der Waals surface area contributed by atoms with Gasteiger partial charge in [0.15, 0.2) is 5.69 Å². The van der Waals surface area contributed by atoms with Gasteiger partial charge in [0.25, 0.3) is 5.91 Å². The van der Waals surface area contributed by atoms with Gasteiger partial charge in [-0.2, -0.15) is 5.10 Å². The second-order valence-corrected chi connectivity index (χ2v) is 7.42. The first-order valence-corrected chi connectivity index (χ1v) is 9.42. The number of likely N-dealkylation sites (N-methyl/N-ethyl adjacent to an activating group) is 1. The molecule has 0 bridgehead atoms. The summed E-state index contributed by atoms with van der Waals surface area (Å²) >= 11 is 0. The lowest BCUT2D eigenvalue weighted by molar-refractivity contribution is 0.0601. The van der Waals surface area contributed by atoms with Crippen molar-refractivity contribution in [3.05, 3.63) is 52.6 Å². The second kappa shape index (κ2) is 7.19. The van der Waals surface area contributed by atoms with Gasteiger partial charge in [0.2, 0.25) is 0 Å². The number of aromatic nitrogens is 2. The third-order valence-electron chi connectivity index (χ3n) is 5.71. The Bertz CT molecular complexity index is 803. The average Bonchev–Trinajstić information content (AvgIpc) is 3.26. The molecule has 5 nitrogen and oxygen atoms in total. The molecule has 1 N–H and O–H groups in total. The van der Waals surface area contributed by atoms with Crippen molar-refractivity contribution in [2.45, 2.75) is 44.7 Å². The van der Waals surface area contributed by atoms with Crippen molar-refractivity contribution in [1.29, 1.82) is 0 Å². The van der Waals surface area contributed by atoms with Crippen LogP contribution in [0.5, 0.6) is 0 Å². The van der Waals surface area contributed by atoms with Crippen molar-refractivity contribution < 1.29 is 9.18 Å². The van der Waals surface area contributed by atoms with E-state index in [1.54, 1.807) is 6.07 Å². The van der Waals surface area contributed by atoms with Crippen molar-refractivity contribution >= 4 is 5.91 Å². The van der Waals surface area contributed by atoms with E-state index in [0.717, 1.165) is 56.5 Å². The van der Waals surface area contributed by atoms with Crippen LogP contribution in [0.2, 0.25) is 0 Å². The van der Waals surface area contributed by atoms with E-state index < -0.39 is 0 Å². The summed E-state index contributed by atoms with van der Waals surface area (Å²) in [6.45, 7) is 2.29. The molecule has 0 saturated carbocycles. The molecule has 0 unspecified atom stereocenters. The van der Waals surface area contributed by atoms with E-state index in [1.807, 2.05) is 24.1 Å². The number of carbonyl (C=O) groups is 1. The fourth-order valence-electron chi connectivity index (χ4n) is 4.19. The number of aryl methyl sites for hydroxylation is 1. The SMILES string of the molecule is CN(C(=O)c1n[nH]c2c1CCC2)[C@H]1CCCN(Cc2ccccc2F)C1. The summed E-state index contributed by atoms with van der Waals surface area (Å²) in [5.41, 5.74) is 3.52. The third kappa shape index (κ3) is 3.26. The van der Waals surface area contributed by atoms with Gasteiger partial charge in [0, 0.05) is 43.0 Å².